The Kier molecular flexibility index (Phi) is 6.46. The Labute approximate surface area is 122 Å². The first-order valence-electron chi connectivity index (χ1n) is 7.06. The summed E-state index contributed by atoms with van der Waals surface area (Å²) in [5, 5.41) is 13.3. The van der Waals surface area contributed by atoms with Crippen LogP contribution in [0.25, 0.3) is 0 Å². The molecule has 0 aliphatic rings. The second-order valence-electron chi connectivity index (χ2n) is 5.97. The Morgan fingerprint density at radius 3 is 2.65 bits per heavy atom. The highest BCUT2D eigenvalue weighted by Crippen LogP contribution is 2.22. The van der Waals surface area contributed by atoms with E-state index in [1.54, 1.807) is 7.11 Å². The van der Waals surface area contributed by atoms with Crippen molar-refractivity contribution in [2.24, 2.45) is 0 Å². The number of likely N-dealkylation sites (N-methyl/N-ethyl adjacent to an activating group) is 1. The van der Waals surface area contributed by atoms with E-state index < -0.39 is 5.60 Å². The van der Waals surface area contributed by atoms with Gasteiger partial charge in [-0.05, 0) is 32.4 Å². The third kappa shape index (κ3) is 5.90. The zero-order valence-corrected chi connectivity index (χ0v) is 13.4. The number of aryl methyl sites for hydroxylation is 1. The summed E-state index contributed by atoms with van der Waals surface area (Å²) in [6.07, 6.45) is 0. The van der Waals surface area contributed by atoms with Crippen molar-refractivity contribution in [3.63, 3.8) is 0 Å². The molecule has 2 N–H and O–H groups in total. The summed E-state index contributed by atoms with van der Waals surface area (Å²) < 4.78 is 5.04. The highest BCUT2D eigenvalue weighted by Gasteiger charge is 2.17. The summed E-state index contributed by atoms with van der Waals surface area (Å²) in [5.41, 5.74) is 2.94. The van der Waals surface area contributed by atoms with E-state index in [1.165, 1.54) is 11.1 Å². The molecule has 1 aromatic carbocycles. The van der Waals surface area contributed by atoms with Gasteiger partial charge in [0.05, 0.1) is 12.2 Å². The smallest absolute Gasteiger partial charge is 0.0765 e. The van der Waals surface area contributed by atoms with Crippen LogP contribution in [-0.4, -0.2) is 44.6 Å². The van der Waals surface area contributed by atoms with Gasteiger partial charge in [0.25, 0.3) is 0 Å². The molecule has 0 unspecified atom stereocenters. The quantitative estimate of drug-likeness (QED) is 0.714. The van der Waals surface area contributed by atoms with Crippen LogP contribution in [0.4, 0.5) is 5.69 Å². The van der Waals surface area contributed by atoms with Gasteiger partial charge in [-0.25, -0.2) is 0 Å². The van der Waals surface area contributed by atoms with Crippen LogP contribution in [0.1, 0.15) is 25.0 Å². The van der Waals surface area contributed by atoms with Gasteiger partial charge in [0, 0.05) is 39.5 Å². The van der Waals surface area contributed by atoms with Crippen molar-refractivity contribution in [1.29, 1.82) is 0 Å². The fraction of sp³-hybridized carbons (Fsp3) is 0.625. The van der Waals surface area contributed by atoms with E-state index in [4.69, 9.17) is 4.74 Å². The molecule has 0 aliphatic heterocycles. The van der Waals surface area contributed by atoms with Gasteiger partial charge >= 0.3 is 0 Å². The zero-order valence-electron chi connectivity index (χ0n) is 13.4. The predicted octanol–water partition coefficient (Wildman–Crippen LogP) is 1.94. The van der Waals surface area contributed by atoms with Crippen molar-refractivity contribution in [3.8, 4) is 0 Å². The normalized spacial score (nSPS) is 11.7. The molecule has 0 spiro atoms. The fourth-order valence-corrected chi connectivity index (χ4v) is 2.29. The monoisotopic (exact) mass is 280 g/mol. The van der Waals surface area contributed by atoms with Crippen molar-refractivity contribution < 1.29 is 9.84 Å². The Hall–Kier alpha value is -1.10. The topological polar surface area (TPSA) is 44.7 Å². The number of rotatable bonds is 8. The minimum absolute atomic E-state index is 0.598. The number of anilines is 1. The third-order valence-corrected chi connectivity index (χ3v) is 3.07. The van der Waals surface area contributed by atoms with Gasteiger partial charge in [0.1, 0.15) is 0 Å². The Bertz CT molecular complexity index is 413. The molecule has 4 nitrogen and oxygen atoms in total. The van der Waals surface area contributed by atoms with Crippen molar-refractivity contribution in [3.05, 3.63) is 29.3 Å². The lowest BCUT2D eigenvalue weighted by molar-refractivity contribution is 0.0886. The van der Waals surface area contributed by atoms with Crippen molar-refractivity contribution in [2.45, 2.75) is 32.9 Å². The van der Waals surface area contributed by atoms with Crippen molar-refractivity contribution in [1.82, 2.24) is 5.32 Å². The van der Waals surface area contributed by atoms with Gasteiger partial charge in [-0.3, -0.25) is 0 Å². The van der Waals surface area contributed by atoms with E-state index in [2.05, 4.69) is 35.3 Å². The lowest BCUT2D eigenvalue weighted by Gasteiger charge is -2.29. The molecule has 0 saturated heterocycles. The Morgan fingerprint density at radius 1 is 1.35 bits per heavy atom. The molecule has 4 heteroatoms. The third-order valence-electron chi connectivity index (χ3n) is 3.07. The fourth-order valence-electron chi connectivity index (χ4n) is 2.29. The average Bonchev–Trinajstić information content (AvgIpc) is 2.32. The summed E-state index contributed by atoms with van der Waals surface area (Å²) in [6.45, 7) is 8.69. The largest absolute Gasteiger partial charge is 0.389 e. The summed E-state index contributed by atoms with van der Waals surface area (Å²) in [6, 6.07) is 6.42. The van der Waals surface area contributed by atoms with Crippen LogP contribution < -0.4 is 10.2 Å². The molecule has 0 heterocycles. The second-order valence-corrected chi connectivity index (χ2v) is 5.97. The number of hydrogen-bond donors (Lipinski definition) is 2. The van der Waals surface area contributed by atoms with E-state index in [0.717, 1.165) is 18.8 Å². The Balaban J connectivity index is 2.78. The predicted molar refractivity (Wildman–Crippen MR) is 84.3 cm³/mol. The second kappa shape index (κ2) is 7.62. The first-order valence-corrected chi connectivity index (χ1v) is 7.06. The number of nitrogens with one attached hydrogen (secondary N) is 1. The molecule has 0 saturated carbocycles. The molecule has 0 aromatic heterocycles. The molecule has 114 valence electrons. The van der Waals surface area contributed by atoms with Gasteiger partial charge in [-0.1, -0.05) is 17.7 Å². The number of hydrogen-bond acceptors (Lipinski definition) is 4. The molecule has 1 rings (SSSR count). The standard InChI is InChI=1S/C16H28N2O2/c1-13-6-7-15(18(4)12-16(2,3)19)14(10-13)11-17-8-9-20-5/h6-7,10,17,19H,8-9,11-12H2,1-5H3. The SMILES string of the molecule is COCCNCc1cc(C)ccc1N(C)CC(C)(C)O. The van der Waals surface area contributed by atoms with Crippen LogP contribution >= 0.6 is 0 Å². The van der Waals surface area contributed by atoms with E-state index >= 15 is 0 Å². The lowest BCUT2D eigenvalue weighted by atomic mass is 10.1. The molecule has 0 radical (unpaired) electrons. The number of benzene rings is 1. The van der Waals surface area contributed by atoms with E-state index in [0.29, 0.717) is 13.2 Å². The molecular weight excluding hydrogens is 252 g/mol. The van der Waals surface area contributed by atoms with Crippen LogP contribution in [0.2, 0.25) is 0 Å². The zero-order chi connectivity index (χ0) is 15.2. The van der Waals surface area contributed by atoms with Gasteiger partial charge < -0.3 is 20.1 Å². The summed E-state index contributed by atoms with van der Waals surface area (Å²) >= 11 is 0. The summed E-state index contributed by atoms with van der Waals surface area (Å²) in [5.74, 6) is 0. The first-order chi connectivity index (χ1) is 9.33. The molecule has 20 heavy (non-hydrogen) atoms. The van der Waals surface area contributed by atoms with Gasteiger partial charge in [0.15, 0.2) is 0 Å². The van der Waals surface area contributed by atoms with Gasteiger partial charge in [0.2, 0.25) is 0 Å². The summed E-state index contributed by atoms with van der Waals surface area (Å²) in [7, 11) is 3.72. The molecule has 0 aliphatic carbocycles. The highest BCUT2D eigenvalue weighted by molar-refractivity contribution is 5.54. The van der Waals surface area contributed by atoms with Crippen molar-refractivity contribution in [2.75, 3.05) is 38.8 Å². The number of aliphatic hydroxyl groups is 1. The highest BCUT2D eigenvalue weighted by atomic mass is 16.5. The minimum atomic E-state index is -0.708. The molecule has 0 atom stereocenters. The van der Waals surface area contributed by atoms with E-state index in [-0.39, 0.29) is 0 Å². The Morgan fingerprint density at radius 2 is 2.05 bits per heavy atom. The maximum Gasteiger partial charge on any atom is 0.0765 e. The van der Waals surface area contributed by atoms with Crippen LogP contribution in [0.3, 0.4) is 0 Å². The molecular formula is C16H28N2O2. The van der Waals surface area contributed by atoms with Crippen LogP contribution in [-0.2, 0) is 11.3 Å². The maximum atomic E-state index is 9.97. The van der Waals surface area contributed by atoms with E-state index in [1.807, 2.05) is 20.9 Å². The maximum absolute atomic E-state index is 9.97. The van der Waals surface area contributed by atoms with Gasteiger partial charge in [-0.2, -0.15) is 0 Å². The lowest BCUT2D eigenvalue weighted by Crippen LogP contribution is -2.37. The number of nitrogens with zero attached hydrogens (tertiary/aromatic N) is 1. The van der Waals surface area contributed by atoms with E-state index in [9.17, 15) is 5.11 Å². The number of methoxy groups -OCH3 is 1. The average molecular weight is 280 g/mol. The van der Waals surface area contributed by atoms with Gasteiger partial charge in [-0.15, -0.1) is 0 Å². The first kappa shape index (κ1) is 17.0. The van der Waals surface area contributed by atoms with Crippen molar-refractivity contribution >= 4 is 5.69 Å². The molecule has 1 aromatic rings. The number of ether oxygens (including phenoxy) is 1. The molecule has 0 bridgehead atoms. The van der Waals surface area contributed by atoms with Crippen LogP contribution in [0.5, 0.6) is 0 Å². The molecule has 0 fully saturated rings. The minimum Gasteiger partial charge on any atom is -0.389 e. The van der Waals surface area contributed by atoms with Crippen LogP contribution in [0, 0.1) is 6.92 Å². The summed E-state index contributed by atoms with van der Waals surface area (Å²) in [4.78, 5) is 2.10. The van der Waals surface area contributed by atoms with Crippen LogP contribution in [0.15, 0.2) is 18.2 Å². The molecule has 0 amide bonds.